The first-order chi connectivity index (χ1) is 9.56. The summed E-state index contributed by atoms with van der Waals surface area (Å²) in [6, 6.07) is 9.25. The van der Waals surface area contributed by atoms with Crippen molar-refractivity contribution in [3.8, 4) is 0 Å². The third-order valence-corrected chi connectivity index (χ3v) is 3.12. The van der Waals surface area contributed by atoms with Crippen LogP contribution in [0.25, 0.3) is 0 Å². The summed E-state index contributed by atoms with van der Waals surface area (Å²) in [5.74, 6) is 0.596. The first-order valence-electron chi connectivity index (χ1n) is 6.94. The maximum atomic E-state index is 5.57. The lowest BCUT2D eigenvalue weighted by Gasteiger charge is -2.14. The van der Waals surface area contributed by atoms with Gasteiger partial charge in [0.25, 0.3) is 0 Å². The smallest absolute Gasteiger partial charge is 0.315 e. The molecule has 2 N–H and O–H groups in total. The first kappa shape index (κ1) is 14.5. The third kappa shape index (κ3) is 3.81. The summed E-state index contributed by atoms with van der Waals surface area (Å²) in [5.41, 5.74) is 2.47. The van der Waals surface area contributed by atoms with Crippen molar-refractivity contribution in [2.75, 3.05) is 5.32 Å². The Bertz CT molecular complexity index is 550. The van der Waals surface area contributed by atoms with Crippen LogP contribution in [0.2, 0.25) is 0 Å². The number of nitrogens with zero attached hydrogens (tertiary/aromatic N) is 2. The fraction of sp³-hybridized carbons (Fsp3) is 0.467. The molecule has 1 aromatic carbocycles. The number of aromatic nitrogens is 2. The Morgan fingerprint density at radius 2 is 1.90 bits per heavy atom. The molecule has 5 nitrogen and oxygen atoms in total. The van der Waals surface area contributed by atoms with Crippen LogP contribution in [0.15, 0.2) is 28.7 Å². The van der Waals surface area contributed by atoms with Gasteiger partial charge in [-0.15, -0.1) is 5.10 Å². The summed E-state index contributed by atoms with van der Waals surface area (Å²) in [4.78, 5) is 0. The van der Waals surface area contributed by atoms with Crippen molar-refractivity contribution in [2.45, 2.75) is 46.3 Å². The van der Waals surface area contributed by atoms with Crippen molar-refractivity contribution >= 4 is 6.01 Å². The molecule has 0 aliphatic heterocycles. The lowest BCUT2D eigenvalue weighted by atomic mass is 10.0. The van der Waals surface area contributed by atoms with Crippen LogP contribution in [0.4, 0.5) is 6.01 Å². The van der Waals surface area contributed by atoms with E-state index in [1.165, 1.54) is 11.1 Å². The quantitative estimate of drug-likeness (QED) is 0.847. The van der Waals surface area contributed by atoms with E-state index in [2.05, 4.69) is 60.7 Å². The zero-order valence-electron chi connectivity index (χ0n) is 12.5. The van der Waals surface area contributed by atoms with Gasteiger partial charge < -0.3 is 15.1 Å². The van der Waals surface area contributed by atoms with Crippen molar-refractivity contribution in [3.63, 3.8) is 0 Å². The van der Waals surface area contributed by atoms with Gasteiger partial charge >= 0.3 is 6.01 Å². The van der Waals surface area contributed by atoms with E-state index in [1.54, 1.807) is 0 Å². The molecule has 0 bridgehead atoms. The number of aryl methyl sites for hydroxylation is 1. The topological polar surface area (TPSA) is 63.0 Å². The van der Waals surface area contributed by atoms with Gasteiger partial charge in [-0.1, -0.05) is 43.2 Å². The summed E-state index contributed by atoms with van der Waals surface area (Å²) in [6.07, 6.45) is 0. The summed E-state index contributed by atoms with van der Waals surface area (Å²) in [7, 11) is 0. The van der Waals surface area contributed by atoms with Crippen LogP contribution in [0.1, 0.15) is 43.8 Å². The maximum Gasteiger partial charge on any atom is 0.315 e. The van der Waals surface area contributed by atoms with Gasteiger partial charge in [0.05, 0.1) is 12.6 Å². The third-order valence-electron chi connectivity index (χ3n) is 3.12. The van der Waals surface area contributed by atoms with Crippen LogP contribution >= 0.6 is 0 Å². The number of hydrogen-bond donors (Lipinski definition) is 2. The van der Waals surface area contributed by atoms with Crippen LogP contribution in [0.3, 0.4) is 0 Å². The second-order valence-corrected chi connectivity index (χ2v) is 5.26. The second-order valence-electron chi connectivity index (χ2n) is 5.26. The summed E-state index contributed by atoms with van der Waals surface area (Å²) >= 11 is 0. The summed E-state index contributed by atoms with van der Waals surface area (Å²) in [6.45, 7) is 8.93. The molecule has 2 rings (SSSR count). The van der Waals surface area contributed by atoms with Crippen LogP contribution in [0, 0.1) is 6.92 Å². The van der Waals surface area contributed by atoms with E-state index in [-0.39, 0.29) is 6.04 Å². The average molecular weight is 274 g/mol. The molecule has 108 valence electrons. The molecule has 20 heavy (non-hydrogen) atoms. The minimum Gasteiger partial charge on any atom is -0.407 e. The van der Waals surface area contributed by atoms with E-state index in [4.69, 9.17) is 4.42 Å². The molecule has 0 saturated heterocycles. The van der Waals surface area contributed by atoms with E-state index < -0.39 is 0 Å². The molecular formula is C15H22N4O. The molecule has 2 aromatic rings. The number of hydrogen-bond acceptors (Lipinski definition) is 5. The van der Waals surface area contributed by atoms with Crippen LogP contribution < -0.4 is 10.6 Å². The van der Waals surface area contributed by atoms with Gasteiger partial charge in [0, 0.05) is 6.04 Å². The normalized spacial score (nSPS) is 12.7. The Labute approximate surface area is 119 Å². The van der Waals surface area contributed by atoms with Gasteiger partial charge in [-0.2, -0.15) is 0 Å². The van der Waals surface area contributed by atoms with Crippen molar-refractivity contribution in [1.29, 1.82) is 0 Å². The Morgan fingerprint density at radius 3 is 2.60 bits per heavy atom. The minimum absolute atomic E-state index is 0.127. The highest BCUT2D eigenvalue weighted by atomic mass is 16.4. The van der Waals surface area contributed by atoms with E-state index >= 15 is 0 Å². The van der Waals surface area contributed by atoms with Gasteiger partial charge in [-0.05, 0) is 25.0 Å². The molecule has 1 heterocycles. The molecule has 0 saturated carbocycles. The second kappa shape index (κ2) is 6.52. The number of rotatable bonds is 6. The van der Waals surface area contributed by atoms with E-state index in [9.17, 15) is 0 Å². The Balaban J connectivity index is 1.98. The van der Waals surface area contributed by atoms with Crippen molar-refractivity contribution < 1.29 is 4.42 Å². The highest BCUT2D eigenvalue weighted by molar-refractivity contribution is 5.33. The lowest BCUT2D eigenvalue weighted by molar-refractivity contribution is 0.456. The van der Waals surface area contributed by atoms with Crippen LogP contribution in [0.5, 0.6) is 0 Å². The average Bonchev–Trinajstić information content (AvgIpc) is 2.84. The Hall–Kier alpha value is -1.88. The molecule has 0 amide bonds. The lowest BCUT2D eigenvalue weighted by Crippen LogP contribution is -2.21. The largest absolute Gasteiger partial charge is 0.407 e. The molecule has 1 aromatic heterocycles. The summed E-state index contributed by atoms with van der Waals surface area (Å²) < 4.78 is 5.57. The minimum atomic E-state index is 0.127. The molecule has 5 heteroatoms. The Morgan fingerprint density at radius 1 is 1.15 bits per heavy atom. The highest BCUT2D eigenvalue weighted by Gasteiger charge is 2.12. The molecule has 0 aliphatic carbocycles. The van der Waals surface area contributed by atoms with Crippen molar-refractivity contribution in [2.24, 2.45) is 0 Å². The van der Waals surface area contributed by atoms with Crippen LogP contribution in [-0.4, -0.2) is 16.2 Å². The first-order valence-corrected chi connectivity index (χ1v) is 6.94. The predicted molar refractivity (Wildman–Crippen MR) is 79.5 cm³/mol. The van der Waals surface area contributed by atoms with Crippen molar-refractivity contribution in [3.05, 3.63) is 41.3 Å². The summed E-state index contributed by atoms with van der Waals surface area (Å²) in [5, 5.41) is 14.5. The number of anilines is 1. The maximum absolute atomic E-state index is 5.57. The molecule has 1 unspecified atom stereocenters. The van der Waals surface area contributed by atoms with Gasteiger partial charge in [-0.3, -0.25) is 0 Å². The van der Waals surface area contributed by atoms with E-state index in [1.807, 2.05) is 12.1 Å². The highest BCUT2D eigenvalue weighted by Crippen LogP contribution is 2.21. The monoisotopic (exact) mass is 274 g/mol. The Kier molecular flexibility index (Phi) is 4.74. The van der Waals surface area contributed by atoms with Crippen molar-refractivity contribution in [1.82, 2.24) is 15.5 Å². The number of nitrogens with one attached hydrogen (secondary N) is 2. The predicted octanol–water partition coefficient (Wildman–Crippen LogP) is 3.05. The molecule has 1 atom stereocenters. The molecule has 0 aliphatic rings. The van der Waals surface area contributed by atoms with Gasteiger partial charge in [0.2, 0.25) is 5.89 Å². The SMILES string of the molecule is Cc1ccccc1C(C)Nc1nnc(CNC(C)C)o1. The van der Waals surface area contributed by atoms with E-state index in [0.717, 1.165) is 0 Å². The fourth-order valence-corrected chi connectivity index (χ4v) is 2.01. The molecule has 0 spiro atoms. The number of benzene rings is 1. The van der Waals surface area contributed by atoms with Gasteiger partial charge in [0.1, 0.15) is 0 Å². The fourth-order valence-electron chi connectivity index (χ4n) is 2.01. The van der Waals surface area contributed by atoms with E-state index in [0.29, 0.717) is 24.5 Å². The van der Waals surface area contributed by atoms with Gasteiger partial charge in [0.15, 0.2) is 0 Å². The zero-order valence-corrected chi connectivity index (χ0v) is 12.5. The standard InChI is InChI=1S/C15H22N4O/c1-10(2)16-9-14-18-19-15(20-14)17-12(4)13-8-6-5-7-11(13)3/h5-8,10,12,16H,9H2,1-4H3,(H,17,19). The molecule has 0 radical (unpaired) electrons. The molecule has 0 fully saturated rings. The van der Waals surface area contributed by atoms with Gasteiger partial charge in [-0.25, -0.2) is 0 Å². The zero-order chi connectivity index (χ0) is 14.5. The van der Waals surface area contributed by atoms with Crippen LogP contribution in [-0.2, 0) is 6.54 Å². The molecular weight excluding hydrogens is 252 g/mol.